The SMILES string of the molecule is CC(CC=O)c1cc(F)c(F)c(NC(=O)OC(C)(C)C)c1. The van der Waals surface area contributed by atoms with Crippen molar-refractivity contribution in [3.8, 4) is 0 Å². The van der Waals surface area contributed by atoms with E-state index in [9.17, 15) is 18.4 Å². The summed E-state index contributed by atoms with van der Waals surface area (Å²) in [4.78, 5) is 22.1. The molecule has 1 unspecified atom stereocenters. The summed E-state index contributed by atoms with van der Waals surface area (Å²) in [6, 6.07) is 2.32. The maximum absolute atomic E-state index is 13.7. The van der Waals surface area contributed by atoms with Gasteiger partial charge in [0.25, 0.3) is 0 Å². The molecule has 1 amide bonds. The van der Waals surface area contributed by atoms with E-state index in [0.717, 1.165) is 6.07 Å². The van der Waals surface area contributed by atoms with Gasteiger partial charge >= 0.3 is 6.09 Å². The first-order valence-electron chi connectivity index (χ1n) is 6.56. The fraction of sp³-hybridized carbons (Fsp3) is 0.467. The molecule has 0 heterocycles. The van der Waals surface area contributed by atoms with Crippen LogP contribution in [0.1, 0.15) is 45.6 Å². The summed E-state index contributed by atoms with van der Waals surface area (Å²) in [6.07, 6.45) is 0.00473. The summed E-state index contributed by atoms with van der Waals surface area (Å²) in [6.45, 7) is 6.68. The Kier molecular flexibility index (Phi) is 5.41. The first kappa shape index (κ1) is 17.1. The number of nitrogens with one attached hydrogen (secondary N) is 1. The smallest absolute Gasteiger partial charge is 0.412 e. The normalized spacial score (nSPS) is 12.7. The maximum Gasteiger partial charge on any atom is 0.412 e. The lowest BCUT2D eigenvalue weighted by molar-refractivity contribution is -0.108. The van der Waals surface area contributed by atoms with Gasteiger partial charge in [0.05, 0.1) is 5.69 Å². The summed E-state index contributed by atoms with van der Waals surface area (Å²) >= 11 is 0. The predicted octanol–water partition coefficient (Wildman–Crippen LogP) is 4.00. The van der Waals surface area contributed by atoms with Crippen molar-refractivity contribution < 1.29 is 23.1 Å². The molecule has 1 aromatic rings. The summed E-state index contributed by atoms with van der Waals surface area (Å²) in [5, 5.41) is 2.18. The molecule has 0 aliphatic carbocycles. The number of hydrogen-bond acceptors (Lipinski definition) is 3. The van der Waals surface area contributed by atoms with Crippen LogP contribution in [-0.4, -0.2) is 18.0 Å². The number of carbonyl (C=O) groups is 2. The largest absolute Gasteiger partial charge is 0.444 e. The molecule has 4 nitrogen and oxygen atoms in total. The number of rotatable bonds is 4. The molecule has 0 radical (unpaired) electrons. The molecule has 1 atom stereocenters. The monoisotopic (exact) mass is 299 g/mol. The second-order valence-corrected chi connectivity index (χ2v) is 5.79. The van der Waals surface area contributed by atoms with Crippen LogP contribution in [0.15, 0.2) is 12.1 Å². The Morgan fingerprint density at radius 2 is 2.00 bits per heavy atom. The zero-order valence-corrected chi connectivity index (χ0v) is 12.5. The molecule has 116 valence electrons. The van der Waals surface area contributed by atoms with Gasteiger partial charge in [-0.3, -0.25) is 5.32 Å². The average molecular weight is 299 g/mol. The van der Waals surface area contributed by atoms with Crippen molar-refractivity contribution in [2.75, 3.05) is 5.32 Å². The lowest BCUT2D eigenvalue weighted by Crippen LogP contribution is -2.27. The van der Waals surface area contributed by atoms with Crippen LogP contribution in [0.4, 0.5) is 19.3 Å². The molecule has 0 spiro atoms. The van der Waals surface area contributed by atoms with E-state index in [1.807, 2.05) is 0 Å². The third-order valence-corrected chi connectivity index (χ3v) is 2.70. The zero-order valence-electron chi connectivity index (χ0n) is 12.5. The highest BCUT2D eigenvalue weighted by Crippen LogP contribution is 2.26. The third-order valence-electron chi connectivity index (χ3n) is 2.70. The summed E-state index contributed by atoms with van der Waals surface area (Å²) in [5.41, 5.74) is -0.634. The van der Waals surface area contributed by atoms with Crippen LogP contribution in [0.2, 0.25) is 0 Å². The van der Waals surface area contributed by atoms with E-state index in [-0.39, 0.29) is 18.0 Å². The fourth-order valence-corrected chi connectivity index (χ4v) is 1.68. The van der Waals surface area contributed by atoms with E-state index in [4.69, 9.17) is 4.74 Å². The highest BCUT2D eigenvalue weighted by atomic mass is 19.2. The Bertz CT molecular complexity index is 538. The molecular weight excluding hydrogens is 280 g/mol. The van der Waals surface area contributed by atoms with Crippen LogP contribution < -0.4 is 5.32 Å². The van der Waals surface area contributed by atoms with Gasteiger partial charge in [-0.05, 0) is 44.4 Å². The van der Waals surface area contributed by atoms with Gasteiger partial charge in [-0.25, -0.2) is 13.6 Å². The van der Waals surface area contributed by atoms with E-state index >= 15 is 0 Å². The van der Waals surface area contributed by atoms with Crippen LogP contribution in [0.25, 0.3) is 0 Å². The molecule has 0 fully saturated rings. The van der Waals surface area contributed by atoms with Crippen molar-refractivity contribution in [3.05, 3.63) is 29.3 Å². The van der Waals surface area contributed by atoms with Crippen LogP contribution in [0.3, 0.4) is 0 Å². The average Bonchev–Trinajstić information content (AvgIpc) is 2.32. The van der Waals surface area contributed by atoms with Crippen molar-refractivity contribution >= 4 is 18.1 Å². The Morgan fingerprint density at radius 3 is 2.52 bits per heavy atom. The van der Waals surface area contributed by atoms with Crippen molar-refractivity contribution in [1.29, 1.82) is 0 Å². The third kappa shape index (κ3) is 5.13. The Hall–Kier alpha value is -1.98. The van der Waals surface area contributed by atoms with Gasteiger partial charge in [0.1, 0.15) is 11.9 Å². The number of amides is 1. The van der Waals surface area contributed by atoms with E-state index in [1.165, 1.54) is 6.07 Å². The number of anilines is 1. The topological polar surface area (TPSA) is 55.4 Å². The van der Waals surface area contributed by atoms with Gasteiger partial charge in [0, 0.05) is 6.42 Å². The highest BCUT2D eigenvalue weighted by Gasteiger charge is 2.20. The van der Waals surface area contributed by atoms with Gasteiger partial charge in [-0.2, -0.15) is 0 Å². The first-order chi connectivity index (χ1) is 9.64. The van der Waals surface area contributed by atoms with Crippen molar-refractivity contribution in [2.45, 2.75) is 45.6 Å². The van der Waals surface area contributed by atoms with Crippen LogP contribution >= 0.6 is 0 Å². The fourth-order valence-electron chi connectivity index (χ4n) is 1.68. The molecule has 0 aromatic heterocycles. The molecule has 0 aliphatic rings. The van der Waals surface area contributed by atoms with Crippen molar-refractivity contribution in [1.82, 2.24) is 0 Å². The number of carbonyl (C=O) groups excluding carboxylic acids is 2. The number of benzene rings is 1. The minimum atomic E-state index is -1.16. The van der Waals surface area contributed by atoms with Gasteiger partial charge in [0.2, 0.25) is 0 Å². The molecule has 1 aromatic carbocycles. The molecule has 1 rings (SSSR count). The standard InChI is InChI=1S/C15H19F2NO3/c1-9(5-6-19)10-7-11(16)13(17)12(8-10)18-14(20)21-15(2,3)4/h6-9H,5H2,1-4H3,(H,18,20). The summed E-state index contributed by atoms with van der Waals surface area (Å²) in [7, 11) is 0. The number of hydrogen-bond donors (Lipinski definition) is 1. The van der Waals surface area contributed by atoms with Gasteiger partial charge < -0.3 is 9.53 Å². The molecular formula is C15H19F2NO3. The molecule has 21 heavy (non-hydrogen) atoms. The van der Waals surface area contributed by atoms with E-state index < -0.39 is 23.3 Å². The van der Waals surface area contributed by atoms with Crippen LogP contribution in [0.5, 0.6) is 0 Å². The van der Waals surface area contributed by atoms with E-state index in [1.54, 1.807) is 27.7 Å². The van der Waals surface area contributed by atoms with E-state index in [0.29, 0.717) is 11.8 Å². The second kappa shape index (κ2) is 6.65. The molecule has 0 saturated heterocycles. The van der Waals surface area contributed by atoms with E-state index in [2.05, 4.69) is 5.32 Å². The molecule has 0 saturated carbocycles. The minimum absolute atomic E-state index is 0.178. The molecule has 6 heteroatoms. The minimum Gasteiger partial charge on any atom is -0.444 e. The van der Waals surface area contributed by atoms with Gasteiger partial charge in [0.15, 0.2) is 11.6 Å². The number of ether oxygens (including phenoxy) is 1. The highest BCUT2D eigenvalue weighted by molar-refractivity contribution is 5.85. The lowest BCUT2D eigenvalue weighted by Gasteiger charge is -2.20. The van der Waals surface area contributed by atoms with Crippen LogP contribution in [0, 0.1) is 11.6 Å². The molecule has 1 N–H and O–H groups in total. The van der Waals surface area contributed by atoms with Crippen LogP contribution in [-0.2, 0) is 9.53 Å². The Labute approximate surface area is 122 Å². The zero-order chi connectivity index (χ0) is 16.2. The maximum atomic E-state index is 13.7. The lowest BCUT2D eigenvalue weighted by atomic mass is 9.97. The Morgan fingerprint density at radius 1 is 1.38 bits per heavy atom. The van der Waals surface area contributed by atoms with Crippen molar-refractivity contribution in [2.24, 2.45) is 0 Å². The predicted molar refractivity (Wildman–Crippen MR) is 75.3 cm³/mol. The van der Waals surface area contributed by atoms with Crippen molar-refractivity contribution in [3.63, 3.8) is 0 Å². The molecule has 0 bridgehead atoms. The second-order valence-electron chi connectivity index (χ2n) is 5.79. The van der Waals surface area contributed by atoms with Gasteiger partial charge in [-0.15, -0.1) is 0 Å². The molecule has 0 aliphatic heterocycles. The summed E-state index contributed by atoms with van der Waals surface area (Å²) in [5.74, 6) is -2.53. The number of aldehydes is 1. The Balaban J connectivity index is 3.01. The van der Waals surface area contributed by atoms with Gasteiger partial charge in [-0.1, -0.05) is 6.92 Å². The quantitative estimate of drug-likeness (QED) is 0.855. The summed E-state index contributed by atoms with van der Waals surface area (Å²) < 4.78 is 32.3. The first-order valence-corrected chi connectivity index (χ1v) is 6.56. The number of halogens is 2.